The van der Waals surface area contributed by atoms with Gasteiger partial charge in [-0.2, -0.15) is 0 Å². The Bertz CT molecular complexity index is 682. The number of hydrogen-bond donors (Lipinski definition) is 4. The second-order valence-corrected chi connectivity index (χ2v) is 8.93. The lowest BCUT2D eigenvalue weighted by Gasteiger charge is -2.31. The highest BCUT2D eigenvalue weighted by Crippen LogP contribution is 2.30. The SMILES string of the molecule is CCCCC[C@H](O)C[C@@H](CCc1ccc(O)c(O[C@H]2CCN[C@H](CNC)C2)c1)OC(C)=O. The molecule has 0 radical (unpaired) electrons. The highest BCUT2D eigenvalue weighted by molar-refractivity contribution is 5.66. The molecule has 0 saturated carbocycles. The molecule has 7 heteroatoms. The van der Waals surface area contributed by atoms with Crippen LogP contribution in [0.25, 0.3) is 0 Å². The largest absolute Gasteiger partial charge is 0.504 e. The molecule has 1 aliphatic heterocycles. The summed E-state index contributed by atoms with van der Waals surface area (Å²) < 4.78 is 11.6. The normalized spacial score (nSPS) is 20.5. The Balaban J connectivity index is 1.93. The van der Waals surface area contributed by atoms with Crippen molar-refractivity contribution in [2.24, 2.45) is 0 Å². The van der Waals surface area contributed by atoms with E-state index in [9.17, 15) is 15.0 Å². The smallest absolute Gasteiger partial charge is 0.302 e. The number of aliphatic hydroxyl groups is 1. The first-order chi connectivity index (χ1) is 15.4. The van der Waals surface area contributed by atoms with E-state index in [4.69, 9.17) is 9.47 Å². The molecule has 0 aromatic heterocycles. The Morgan fingerprint density at radius 2 is 2.12 bits per heavy atom. The summed E-state index contributed by atoms with van der Waals surface area (Å²) in [7, 11) is 1.94. The van der Waals surface area contributed by atoms with E-state index in [2.05, 4.69) is 17.6 Å². The summed E-state index contributed by atoms with van der Waals surface area (Å²) in [6.45, 7) is 5.31. The van der Waals surface area contributed by atoms with Crippen molar-refractivity contribution in [3.05, 3.63) is 23.8 Å². The average molecular weight is 451 g/mol. The number of aromatic hydroxyl groups is 1. The van der Waals surface area contributed by atoms with Crippen molar-refractivity contribution in [3.63, 3.8) is 0 Å². The number of ether oxygens (including phenoxy) is 2. The Kier molecular flexibility index (Phi) is 11.8. The Morgan fingerprint density at radius 3 is 2.84 bits per heavy atom. The van der Waals surface area contributed by atoms with Crippen LogP contribution < -0.4 is 15.4 Å². The van der Waals surface area contributed by atoms with Crippen molar-refractivity contribution in [2.45, 2.75) is 96.0 Å². The molecule has 0 amide bonds. The van der Waals surface area contributed by atoms with Crippen LogP contribution >= 0.6 is 0 Å². The molecule has 4 N–H and O–H groups in total. The summed E-state index contributed by atoms with van der Waals surface area (Å²) >= 11 is 0. The van der Waals surface area contributed by atoms with E-state index in [1.807, 2.05) is 19.2 Å². The van der Waals surface area contributed by atoms with E-state index < -0.39 is 6.10 Å². The van der Waals surface area contributed by atoms with Gasteiger partial charge in [-0.1, -0.05) is 32.3 Å². The van der Waals surface area contributed by atoms with Gasteiger partial charge < -0.3 is 30.3 Å². The molecule has 32 heavy (non-hydrogen) atoms. The van der Waals surface area contributed by atoms with E-state index in [0.29, 0.717) is 31.1 Å². The highest BCUT2D eigenvalue weighted by Gasteiger charge is 2.23. The van der Waals surface area contributed by atoms with Crippen LogP contribution in [0.3, 0.4) is 0 Å². The van der Waals surface area contributed by atoms with Crippen molar-refractivity contribution in [2.75, 3.05) is 20.1 Å². The number of nitrogens with one attached hydrogen (secondary N) is 2. The number of aryl methyl sites for hydroxylation is 1. The van der Waals surface area contributed by atoms with Crippen molar-refractivity contribution in [1.82, 2.24) is 10.6 Å². The van der Waals surface area contributed by atoms with Crippen LogP contribution in [0.2, 0.25) is 0 Å². The second kappa shape index (κ2) is 14.3. The predicted molar refractivity (Wildman–Crippen MR) is 126 cm³/mol. The third-order valence-corrected chi connectivity index (χ3v) is 5.98. The molecule has 0 aliphatic carbocycles. The number of aliphatic hydroxyl groups excluding tert-OH is 1. The Labute approximate surface area is 192 Å². The van der Waals surface area contributed by atoms with Crippen LogP contribution in [0.1, 0.15) is 70.8 Å². The van der Waals surface area contributed by atoms with Gasteiger partial charge >= 0.3 is 5.97 Å². The number of phenols is 1. The number of hydrogen-bond acceptors (Lipinski definition) is 7. The molecule has 1 aliphatic rings. The minimum absolute atomic E-state index is 0.0582. The minimum atomic E-state index is -0.463. The van der Waals surface area contributed by atoms with Gasteiger partial charge in [0.2, 0.25) is 0 Å². The Hall–Kier alpha value is -1.83. The van der Waals surface area contributed by atoms with Crippen LogP contribution in [0, 0.1) is 0 Å². The summed E-state index contributed by atoms with van der Waals surface area (Å²) in [5, 5.41) is 27.3. The molecule has 1 aromatic rings. The number of carbonyl (C=O) groups is 1. The monoisotopic (exact) mass is 450 g/mol. The fraction of sp³-hybridized carbons (Fsp3) is 0.720. The molecule has 0 bridgehead atoms. The predicted octanol–water partition coefficient (Wildman–Crippen LogP) is 3.31. The molecule has 1 saturated heterocycles. The summed E-state index contributed by atoms with van der Waals surface area (Å²) in [6.07, 6.45) is 6.71. The summed E-state index contributed by atoms with van der Waals surface area (Å²) in [6, 6.07) is 5.78. The van der Waals surface area contributed by atoms with E-state index in [-0.39, 0.29) is 23.9 Å². The zero-order valence-electron chi connectivity index (χ0n) is 19.9. The van der Waals surface area contributed by atoms with Crippen LogP contribution in [0.4, 0.5) is 0 Å². The summed E-state index contributed by atoms with van der Waals surface area (Å²) in [5.74, 6) is 0.314. The fourth-order valence-electron chi connectivity index (χ4n) is 4.30. The second-order valence-electron chi connectivity index (χ2n) is 8.93. The lowest BCUT2D eigenvalue weighted by atomic mass is 9.99. The van der Waals surface area contributed by atoms with Gasteiger partial charge in [-0.25, -0.2) is 0 Å². The molecule has 1 heterocycles. The molecule has 4 atom stereocenters. The van der Waals surface area contributed by atoms with E-state index in [1.165, 1.54) is 6.92 Å². The number of unbranched alkanes of at least 4 members (excludes halogenated alkanes) is 2. The number of likely N-dealkylation sites (N-methyl/N-ethyl adjacent to an activating group) is 1. The third-order valence-electron chi connectivity index (χ3n) is 5.98. The zero-order valence-corrected chi connectivity index (χ0v) is 19.9. The van der Waals surface area contributed by atoms with Gasteiger partial charge in [0.15, 0.2) is 11.5 Å². The van der Waals surface area contributed by atoms with E-state index >= 15 is 0 Å². The molecule has 7 nitrogen and oxygen atoms in total. The van der Waals surface area contributed by atoms with E-state index in [1.54, 1.807) is 6.07 Å². The summed E-state index contributed by atoms with van der Waals surface area (Å²) in [4.78, 5) is 11.5. The van der Waals surface area contributed by atoms with Crippen LogP contribution in [-0.2, 0) is 16.0 Å². The maximum atomic E-state index is 11.5. The van der Waals surface area contributed by atoms with Crippen molar-refractivity contribution in [1.29, 1.82) is 0 Å². The van der Waals surface area contributed by atoms with Crippen LogP contribution in [0.5, 0.6) is 11.5 Å². The first kappa shape index (κ1) is 26.4. The number of piperidine rings is 1. The quantitative estimate of drug-likeness (QED) is 0.255. The van der Waals surface area contributed by atoms with Crippen molar-refractivity contribution < 1.29 is 24.5 Å². The third kappa shape index (κ3) is 9.76. The minimum Gasteiger partial charge on any atom is -0.504 e. The number of carbonyl (C=O) groups excluding carboxylic acids is 1. The van der Waals surface area contributed by atoms with E-state index in [0.717, 1.165) is 57.2 Å². The Morgan fingerprint density at radius 1 is 1.31 bits per heavy atom. The zero-order chi connectivity index (χ0) is 23.3. The van der Waals surface area contributed by atoms with Gasteiger partial charge in [-0.3, -0.25) is 4.79 Å². The molecule has 1 fully saturated rings. The molecular formula is C25H42N2O5. The average Bonchev–Trinajstić information content (AvgIpc) is 2.74. The summed E-state index contributed by atoms with van der Waals surface area (Å²) in [5.41, 5.74) is 1.01. The van der Waals surface area contributed by atoms with Crippen LogP contribution in [0.15, 0.2) is 18.2 Å². The van der Waals surface area contributed by atoms with Crippen molar-refractivity contribution >= 4 is 5.97 Å². The standard InChI is InChI=1S/C25H42N2O5/c1-4-5-6-7-21(29)16-22(31-18(2)28)10-8-19-9-11-24(30)25(14-19)32-23-12-13-27-20(15-23)17-26-3/h9,11,14,20-23,26-27,29-30H,4-8,10,12-13,15-17H2,1-3H3/t20-,21-,22+,23-/m0/s1. The molecular weight excluding hydrogens is 408 g/mol. The number of benzene rings is 1. The van der Waals surface area contributed by atoms with Gasteiger partial charge in [0.1, 0.15) is 12.2 Å². The first-order valence-corrected chi connectivity index (χ1v) is 12.1. The molecule has 0 unspecified atom stereocenters. The number of rotatable bonds is 14. The molecule has 2 rings (SSSR count). The first-order valence-electron chi connectivity index (χ1n) is 12.1. The molecule has 182 valence electrons. The van der Waals surface area contributed by atoms with Gasteiger partial charge in [0, 0.05) is 32.4 Å². The lowest BCUT2D eigenvalue weighted by Crippen LogP contribution is -2.46. The number of esters is 1. The van der Waals surface area contributed by atoms with Crippen molar-refractivity contribution in [3.8, 4) is 11.5 Å². The molecule has 1 aromatic carbocycles. The van der Waals surface area contributed by atoms with Gasteiger partial charge in [-0.05, 0) is 57.0 Å². The highest BCUT2D eigenvalue weighted by atomic mass is 16.5. The maximum Gasteiger partial charge on any atom is 0.302 e. The maximum absolute atomic E-state index is 11.5. The van der Waals surface area contributed by atoms with Gasteiger partial charge in [0.05, 0.1) is 6.10 Å². The van der Waals surface area contributed by atoms with Gasteiger partial charge in [-0.15, -0.1) is 0 Å². The molecule has 0 spiro atoms. The lowest BCUT2D eigenvalue weighted by molar-refractivity contribution is -0.148. The van der Waals surface area contributed by atoms with Gasteiger partial charge in [0.25, 0.3) is 0 Å². The number of phenolic OH excluding ortho intramolecular Hbond substituents is 1. The topological polar surface area (TPSA) is 100 Å². The fourth-order valence-corrected chi connectivity index (χ4v) is 4.30. The van der Waals surface area contributed by atoms with Crippen LogP contribution in [-0.4, -0.2) is 60.7 Å².